The number of benzene rings is 2. The minimum absolute atomic E-state index is 0.0260. The number of nitrogens with one attached hydrogen (secondary N) is 2. The summed E-state index contributed by atoms with van der Waals surface area (Å²) in [5, 5.41) is 16.8. The monoisotopic (exact) mass is 377 g/mol. The second kappa shape index (κ2) is 9.53. The third kappa shape index (κ3) is 5.29. The second-order valence-corrected chi connectivity index (χ2v) is 5.54. The van der Waals surface area contributed by atoms with Crippen LogP contribution < -0.4 is 20.2 Å². The zero-order valence-electron chi connectivity index (χ0n) is 14.5. The van der Waals surface area contributed by atoms with Crippen LogP contribution >= 0.6 is 11.6 Å². The van der Waals surface area contributed by atoms with Gasteiger partial charge in [0.1, 0.15) is 5.75 Å². The van der Waals surface area contributed by atoms with Crippen LogP contribution in [0.3, 0.4) is 0 Å². The number of amides is 1. The lowest BCUT2D eigenvalue weighted by Gasteiger charge is -2.10. The normalized spacial score (nSPS) is 10.6. The summed E-state index contributed by atoms with van der Waals surface area (Å²) in [7, 11) is 1.56. The fourth-order valence-corrected chi connectivity index (χ4v) is 2.34. The van der Waals surface area contributed by atoms with Crippen LogP contribution in [-0.4, -0.2) is 37.5 Å². The van der Waals surface area contributed by atoms with Crippen molar-refractivity contribution in [1.82, 2.24) is 5.43 Å². The van der Waals surface area contributed by atoms with Gasteiger partial charge in [-0.25, -0.2) is 5.43 Å². The van der Waals surface area contributed by atoms with E-state index in [1.165, 1.54) is 12.3 Å². The summed E-state index contributed by atoms with van der Waals surface area (Å²) in [5.41, 5.74) is 3.69. The van der Waals surface area contributed by atoms with Crippen molar-refractivity contribution in [3.8, 4) is 17.2 Å². The fraction of sp³-hybridized carbons (Fsp3) is 0.222. The molecule has 1 amide bonds. The number of aromatic hydroxyl groups is 1. The van der Waals surface area contributed by atoms with Gasteiger partial charge in [0.25, 0.3) is 5.91 Å². The smallest absolute Gasteiger partial charge is 0.259 e. The number of para-hydroxylation sites is 2. The molecule has 0 spiro atoms. The Morgan fingerprint density at radius 2 is 2.08 bits per heavy atom. The highest BCUT2D eigenvalue weighted by atomic mass is 35.5. The third-order valence-electron chi connectivity index (χ3n) is 3.30. The molecule has 0 unspecified atom stereocenters. The molecule has 138 valence electrons. The van der Waals surface area contributed by atoms with Crippen LogP contribution in [0.4, 0.5) is 5.69 Å². The lowest BCUT2D eigenvalue weighted by molar-refractivity contribution is -0.119. The molecule has 0 atom stereocenters. The van der Waals surface area contributed by atoms with Crippen LogP contribution in [0.15, 0.2) is 41.5 Å². The number of phenolic OH excluding ortho intramolecular Hbond substituents is 1. The van der Waals surface area contributed by atoms with E-state index in [4.69, 9.17) is 21.1 Å². The van der Waals surface area contributed by atoms with Crippen molar-refractivity contribution in [2.24, 2.45) is 5.10 Å². The van der Waals surface area contributed by atoms with Crippen LogP contribution in [0.25, 0.3) is 0 Å². The number of ether oxygens (including phenoxy) is 2. The minimum atomic E-state index is -0.331. The summed E-state index contributed by atoms with van der Waals surface area (Å²) in [6, 6.07) is 10.4. The van der Waals surface area contributed by atoms with E-state index >= 15 is 0 Å². The van der Waals surface area contributed by atoms with Gasteiger partial charge >= 0.3 is 0 Å². The van der Waals surface area contributed by atoms with Crippen molar-refractivity contribution in [2.45, 2.75) is 6.92 Å². The van der Waals surface area contributed by atoms with E-state index in [2.05, 4.69) is 15.8 Å². The highest BCUT2D eigenvalue weighted by Crippen LogP contribution is 2.34. The van der Waals surface area contributed by atoms with Gasteiger partial charge < -0.3 is 19.9 Å². The Bertz CT molecular complexity index is 796. The van der Waals surface area contributed by atoms with Crippen molar-refractivity contribution in [1.29, 1.82) is 0 Å². The summed E-state index contributed by atoms with van der Waals surface area (Å²) in [6.45, 7) is 2.21. The predicted molar refractivity (Wildman–Crippen MR) is 102 cm³/mol. The molecule has 0 aliphatic rings. The van der Waals surface area contributed by atoms with Crippen molar-refractivity contribution >= 4 is 29.4 Å². The van der Waals surface area contributed by atoms with E-state index in [1.54, 1.807) is 26.2 Å². The van der Waals surface area contributed by atoms with Gasteiger partial charge in [-0.2, -0.15) is 5.10 Å². The summed E-state index contributed by atoms with van der Waals surface area (Å²) >= 11 is 5.94. The van der Waals surface area contributed by atoms with Gasteiger partial charge in [-0.05, 0) is 36.8 Å². The first-order chi connectivity index (χ1) is 12.5. The molecular weight excluding hydrogens is 358 g/mol. The number of nitrogens with zero attached hydrogens (tertiary/aromatic N) is 1. The fourth-order valence-electron chi connectivity index (χ4n) is 2.12. The number of carbonyl (C=O) groups is 1. The summed E-state index contributed by atoms with van der Waals surface area (Å²) < 4.78 is 10.5. The molecule has 3 N–H and O–H groups in total. The van der Waals surface area contributed by atoms with Crippen LogP contribution in [-0.2, 0) is 4.79 Å². The van der Waals surface area contributed by atoms with E-state index < -0.39 is 0 Å². The Balaban J connectivity index is 1.92. The highest BCUT2D eigenvalue weighted by molar-refractivity contribution is 6.32. The molecule has 2 rings (SSSR count). The lowest BCUT2D eigenvalue weighted by atomic mass is 10.2. The first-order valence-corrected chi connectivity index (χ1v) is 8.27. The predicted octanol–water partition coefficient (Wildman–Crippen LogP) is 3.02. The summed E-state index contributed by atoms with van der Waals surface area (Å²) in [5.74, 6) is 0.439. The topological polar surface area (TPSA) is 92.2 Å². The van der Waals surface area contributed by atoms with Crippen LogP contribution in [0, 0.1) is 0 Å². The molecule has 0 heterocycles. The molecule has 0 aliphatic carbocycles. The van der Waals surface area contributed by atoms with Crippen molar-refractivity contribution in [3.05, 3.63) is 47.0 Å². The van der Waals surface area contributed by atoms with E-state index in [1.807, 2.05) is 18.2 Å². The number of carbonyl (C=O) groups excluding carboxylic acids is 1. The van der Waals surface area contributed by atoms with Crippen LogP contribution in [0.2, 0.25) is 5.02 Å². The number of rotatable bonds is 8. The lowest BCUT2D eigenvalue weighted by Crippen LogP contribution is -2.26. The number of halogens is 1. The maximum absolute atomic E-state index is 11.9. The Morgan fingerprint density at radius 1 is 1.31 bits per heavy atom. The van der Waals surface area contributed by atoms with Crippen molar-refractivity contribution in [2.75, 3.05) is 25.6 Å². The minimum Gasteiger partial charge on any atom is -0.503 e. The van der Waals surface area contributed by atoms with Crippen molar-refractivity contribution < 1.29 is 19.4 Å². The van der Waals surface area contributed by atoms with Crippen molar-refractivity contribution in [3.63, 3.8) is 0 Å². The molecule has 0 radical (unpaired) electrons. The van der Waals surface area contributed by atoms with E-state index in [-0.39, 0.29) is 29.0 Å². The number of phenols is 1. The van der Waals surface area contributed by atoms with Gasteiger partial charge in [-0.15, -0.1) is 0 Å². The Morgan fingerprint density at radius 3 is 2.81 bits per heavy atom. The Labute approximate surface area is 156 Å². The third-order valence-corrected chi connectivity index (χ3v) is 3.59. The van der Waals surface area contributed by atoms with Gasteiger partial charge in [0.15, 0.2) is 11.5 Å². The van der Waals surface area contributed by atoms with Gasteiger partial charge in [-0.1, -0.05) is 23.7 Å². The van der Waals surface area contributed by atoms with E-state index in [0.717, 1.165) is 0 Å². The molecule has 0 aromatic heterocycles. The molecule has 2 aromatic carbocycles. The molecule has 7 nitrogen and oxygen atoms in total. The van der Waals surface area contributed by atoms with E-state index in [9.17, 15) is 9.90 Å². The van der Waals surface area contributed by atoms with Gasteiger partial charge in [0.05, 0.1) is 37.2 Å². The standard InChI is InChI=1S/C18H20ClN3O4/c1-3-26-16-9-12(8-13(19)18(16)24)10-21-22-17(23)11-20-14-6-4-5-7-15(14)25-2/h4-10,20,24H,3,11H2,1-2H3,(H,22,23)/b21-10+. The molecule has 0 saturated heterocycles. The Hall–Kier alpha value is -2.93. The highest BCUT2D eigenvalue weighted by Gasteiger charge is 2.09. The number of hydrogen-bond acceptors (Lipinski definition) is 6. The SMILES string of the molecule is CCOc1cc(/C=N/NC(=O)CNc2ccccc2OC)cc(Cl)c1O. The molecular formula is C18H20ClN3O4. The largest absolute Gasteiger partial charge is 0.503 e. The Kier molecular flexibility index (Phi) is 7.11. The number of hydrazone groups is 1. The molecule has 26 heavy (non-hydrogen) atoms. The molecule has 0 fully saturated rings. The molecule has 2 aromatic rings. The van der Waals surface area contributed by atoms with Gasteiger partial charge in [-0.3, -0.25) is 4.79 Å². The first kappa shape index (κ1) is 19.4. The molecule has 8 heteroatoms. The summed E-state index contributed by atoms with van der Waals surface area (Å²) in [4.78, 5) is 11.9. The van der Waals surface area contributed by atoms with Gasteiger partial charge in [0.2, 0.25) is 0 Å². The zero-order valence-corrected chi connectivity index (χ0v) is 15.2. The molecule has 0 bridgehead atoms. The number of anilines is 1. The van der Waals surface area contributed by atoms with Gasteiger partial charge in [0, 0.05) is 0 Å². The average molecular weight is 378 g/mol. The second-order valence-electron chi connectivity index (χ2n) is 5.13. The number of hydrogen-bond donors (Lipinski definition) is 3. The average Bonchev–Trinajstić information content (AvgIpc) is 2.64. The summed E-state index contributed by atoms with van der Waals surface area (Å²) in [6.07, 6.45) is 1.41. The number of methoxy groups -OCH3 is 1. The van der Waals surface area contributed by atoms with Crippen LogP contribution in [0.1, 0.15) is 12.5 Å². The zero-order chi connectivity index (χ0) is 18.9. The molecule has 0 aliphatic heterocycles. The van der Waals surface area contributed by atoms with E-state index in [0.29, 0.717) is 23.6 Å². The quantitative estimate of drug-likeness (QED) is 0.486. The molecule has 0 saturated carbocycles. The van der Waals surface area contributed by atoms with Crippen LogP contribution in [0.5, 0.6) is 17.2 Å². The first-order valence-electron chi connectivity index (χ1n) is 7.89. The maximum Gasteiger partial charge on any atom is 0.259 e. The maximum atomic E-state index is 11.9.